The van der Waals surface area contributed by atoms with Gasteiger partial charge in [0.2, 0.25) is 0 Å². The molecule has 14 heteroatoms. The molecular formula is C134H88N10O2Pt2-2. The van der Waals surface area contributed by atoms with Crippen LogP contribution in [0, 0.1) is 30.6 Å². The summed E-state index contributed by atoms with van der Waals surface area (Å²) < 4.78 is 29.5. The van der Waals surface area contributed by atoms with E-state index in [4.69, 9.17) is 24.4 Å². The number of nitrogens with zero attached hydrogens (tertiary/aromatic N) is 10. The summed E-state index contributed by atoms with van der Waals surface area (Å²) in [5.74, 6) is 3.97. The van der Waals surface area contributed by atoms with E-state index in [1.54, 1.807) is 0 Å². The summed E-state index contributed by atoms with van der Waals surface area (Å²) in [7, 11) is 0. The molecule has 0 N–H and O–H groups in total. The van der Waals surface area contributed by atoms with E-state index in [0.29, 0.717) is 23.0 Å². The molecule has 1 aliphatic rings. The minimum atomic E-state index is -0.131. The molecule has 0 saturated carbocycles. The number of benzene rings is 19. The molecule has 9 aromatic heterocycles. The van der Waals surface area contributed by atoms with Crippen molar-refractivity contribution in [3.63, 3.8) is 0 Å². The van der Waals surface area contributed by atoms with Gasteiger partial charge in [0.1, 0.15) is 11.6 Å². The number of ether oxygens (including phenoxy) is 2. The van der Waals surface area contributed by atoms with Gasteiger partial charge in [-0.25, -0.2) is 9.97 Å². The zero-order valence-electron chi connectivity index (χ0n) is 80.8. The van der Waals surface area contributed by atoms with Crippen molar-refractivity contribution in [2.24, 2.45) is 0 Å². The van der Waals surface area contributed by atoms with Crippen LogP contribution in [0.3, 0.4) is 0 Å². The van der Waals surface area contributed by atoms with Gasteiger partial charge in [-0.1, -0.05) is 347 Å². The molecule has 29 rings (SSSR count). The number of imidazole rings is 2. The van der Waals surface area contributed by atoms with Gasteiger partial charge in [-0.2, -0.15) is 24.3 Å². The molecule has 0 spiro atoms. The summed E-state index contributed by atoms with van der Waals surface area (Å²) in [4.78, 5) is 15.4. The fourth-order valence-electron chi connectivity index (χ4n) is 22.7. The van der Waals surface area contributed by atoms with Crippen LogP contribution < -0.4 is 14.0 Å². The summed E-state index contributed by atoms with van der Waals surface area (Å²) in [6.07, 6.45) is 9.83. The normalized spacial score (nSPS) is 12.6. The second kappa shape index (κ2) is 36.3. The Hall–Kier alpha value is -17.7. The molecule has 148 heavy (non-hydrogen) atoms. The number of hydrogen-bond donors (Lipinski definition) is 0. The Balaban J connectivity index is 0.000000164. The van der Waals surface area contributed by atoms with Gasteiger partial charge >= 0.3 is 21.1 Å². The smallest absolute Gasteiger partial charge is 0.510 e. The molecule has 0 bridgehead atoms. The first-order valence-electron chi connectivity index (χ1n) is 49.5. The number of rotatable bonds is 16. The van der Waals surface area contributed by atoms with Crippen molar-refractivity contribution in [3.8, 4) is 124 Å². The Bertz CT molecular complexity index is 9890. The molecule has 0 amide bonds. The zero-order valence-corrected chi connectivity index (χ0v) is 85.3. The van der Waals surface area contributed by atoms with Crippen LogP contribution in [-0.2, 0) is 53.0 Å². The minimum Gasteiger partial charge on any atom is -0.510 e. The number of aromatic nitrogens is 10. The Kier molecular flexibility index (Phi) is 22.1. The first-order valence-corrected chi connectivity index (χ1v) is 49.5. The first kappa shape index (κ1) is 90.4. The standard InChI is InChI=1S/C84H53N5O.C50H35N5O.2Pt/c1-6-24-57(25-7-1)61-48-62(58-26-8-2-9-27-58)51-65(50-61)71-38-23-39-72(66-52-63(59-28-10-3-11-29-59)49-64(53-66)60-30-12-4-13-31-60)83(71)87-56-86(78-42-20-21-43-79(78)87)68-34-22-35-69(54-68)90-70-44-45-74-73-36-16-18-40-76(73)89(81(74)55-70)84-82-75-37-17-19-41-77(75)88(80(82)46-47-85-84)67-32-14-5-15-33-67;1-49(2)39-18-12-17-36-33-23-21-31(27-38(33)47-52-29-44(50(49,3)4)55(47)46(36)39)56-32-22-24-35-34-15-8-10-19-40(34)54(43(35)28-32)48-45-37-16-9-11-20-41(37)53(42(45)25-26-51-48)30-13-6-5-7-14-30;;/h1-53H;5-26,29H,1-4H3;;/q2*-2;;+2. The monoisotopic (exact) mass is 2260 g/mol. The number of fused-ring (bicyclic) bond motifs is 16. The van der Waals surface area contributed by atoms with Crippen LogP contribution in [0.2, 0.25) is 0 Å². The fourth-order valence-corrected chi connectivity index (χ4v) is 22.7. The Morgan fingerprint density at radius 3 is 1.16 bits per heavy atom. The van der Waals surface area contributed by atoms with Crippen molar-refractivity contribution < 1.29 is 56.2 Å². The van der Waals surface area contributed by atoms with Gasteiger partial charge in [-0.3, -0.25) is 9.55 Å². The van der Waals surface area contributed by atoms with Crippen LogP contribution in [0.25, 0.3) is 227 Å². The van der Waals surface area contributed by atoms with Crippen molar-refractivity contribution in [1.82, 2.24) is 42.2 Å². The number of pyridine rings is 3. The van der Waals surface area contributed by atoms with E-state index in [1.165, 1.54) is 22.2 Å². The van der Waals surface area contributed by atoms with E-state index in [0.717, 1.165) is 216 Å². The SMILES string of the molecule is CC1(C)c2cccc3c4ccc(Oc5[c-]c6c(cc5)c5ccccc5n6-c5nccc6c5c5ccccc5n6-c5ccccc5)[c-]c4c4ncc(n4c23)C1(C)C.[Pt+2].[Pt].[c-]1c(Oc2[c-]c3c(cc2)c2ccccc2n3-c2nccc3c2c2ccccc2n3-c2ccccc2)cccc1-n1[c-][n+](-c2c(-c3cc(-c4ccccc4)cc(-c4ccccc4)c3)cccc2-c2cc(-c3ccccc3)cc(-c3ccccc3)c2)c2ccccc21. The number of hydrogen-bond acceptors (Lipinski definition) is 5. The van der Waals surface area contributed by atoms with Gasteiger partial charge in [0.05, 0.1) is 55.2 Å². The van der Waals surface area contributed by atoms with E-state index in [2.05, 4.69) is 509 Å². The fraction of sp³-hybridized carbons (Fsp3) is 0.0448. The van der Waals surface area contributed by atoms with Gasteiger partial charge in [-0.15, -0.1) is 59.3 Å². The minimum absolute atomic E-state index is 0. The summed E-state index contributed by atoms with van der Waals surface area (Å²) in [5.41, 5.74) is 31.9. The van der Waals surface area contributed by atoms with Gasteiger partial charge in [-0.05, 0) is 191 Å². The Morgan fingerprint density at radius 2 is 0.676 bits per heavy atom. The summed E-state index contributed by atoms with van der Waals surface area (Å²) in [6, 6.07) is 171. The first-order chi connectivity index (χ1) is 71.9. The molecule has 12 nitrogen and oxygen atoms in total. The molecule has 0 radical (unpaired) electrons. The van der Waals surface area contributed by atoms with E-state index in [1.807, 2.05) is 42.7 Å². The van der Waals surface area contributed by atoms with E-state index >= 15 is 0 Å². The number of para-hydroxylation sites is 10. The third-order valence-corrected chi connectivity index (χ3v) is 30.2. The van der Waals surface area contributed by atoms with Crippen molar-refractivity contribution in [3.05, 3.63) is 503 Å². The molecule has 0 unspecified atom stereocenters. The second-order valence-electron chi connectivity index (χ2n) is 38.8. The molecule has 19 aromatic carbocycles. The van der Waals surface area contributed by atoms with Crippen LogP contribution in [0.5, 0.6) is 23.0 Å². The average Bonchev–Trinajstić information content (AvgIpc) is 1.25. The predicted molar refractivity (Wildman–Crippen MR) is 594 cm³/mol. The van der Waals surface area contributed by atoms with Gasteiger partial charge < -0.3 is 36.7 Å². The van der Waals surface area contributed by atoms with Crippen molar-refractivity contribution in [2.75, 3.05) is 0 Å². The third-order valence-electron chi connectivity index (χ3n) is 30.2. The molecular weight excluding hydrogens is 2170 g/mol. The molecule has 0 aliphatic carbocycles. The predicted octanol–water partition coefficient (Wildman–Crippen LogP) is 32.9. The summed E-state index contributed by atoms with van der Waals surface area (Å²) in [5, 5.41) is 12.0. The Morgan fingerprint density at radius 1 is 0.291 bits per heavy atom. The van der Waals surface area contributed by atoms with Crippen molar-refractivity contribution in [2.45, 2.75) is 38.5 Å². The second-order valence-corrected chi connectivity index (χ2v) is 38.8. The van der Waals surface area contributed by atoms with E-state index < -0.39 is 0 Å². The van der Waals surface area contributed by atoms with Crippen LogP contribution in [0.15, 0.2) is 461 Å². The van der Waals surface area contributed by atoms with E-state index in [-0.39, 0.29) is 53.0 Å². The van der Waals surface area contributed by atoms with Crippen LogP contribution in [0.1, 0.15) is 39.0 Å². The van der Waals surface area contributed by atoms with Crippen molar-refractivity contribution in [1.29, 1.82) is 0 Å². The van der Waals surface area contributed by atoms with Crippen molar-refractivity contribution >= 4 is 126 Å². The van der Waals surface area contributed by atoms with Crippen LogP contribution >= 0.6 is 0 Å². The summed E-state index contributed by atoms with van der Waals surface area (Å²) in [6.45, 7) is 9.36. The largest absolute Gasteiger partial charge is 2.00 e. The van der Waals surface area contributed by atoms with E-state index in [9.17, 15) is 0 Å². The zero-order chi connectivity index (χ0) is 97.0. The maximum atomic E-state index is 6.92. The Labute approximate surface area is 882 Å². The molecule has 1 aliphatic heterocycles. The molecule has 0 fully saturated rings. The van der Waals surface area contributed by atoms with Crippen LogP contribution in [-0.4, -0.2) is 42.2 Å². The van der Waals surface area contributed by atoms with Gasteiger partial charge in [0.25, 0.3) is 6.33 Å². The topological polar surface area (TPSA) is 90.1 Å². The average molecular weight is 2260 g/mol. The van der Waals surface area contributed by atoms with Crippen LogP contribution in [0.4, 0.5) is 0 Å². The molecule has 708 valence electrons. The summed E-state index contributed by atoms with van der Waals surface area (Å²) >= 11 is 0. The third kappa shape index (κ3) is 14.7. The maximum absolute atomic E-state index is 6.92. The van der Waals surface area contributed by atoms with Gasteiger partial charge in [0.15, 0.2) is 0 Å². The van der Waals surface area contributed by atoms with Gasteiger partial charge in [0, 0.05) is 118 Å². The molecule has 10 heterocycles. The maximum Gasteiger partial charge on any atom is 2.00 e. The molecule has 0 atom stereocenters. The quantitative estimate of drug-likeness (QED) is 0.0546. The molecule has 0 saturated heterocycles. The molecule has 28 aromatic rings.